The fraction of sp³-hybridized carbons (Fsp3) is 0.588. The van der Waals surface area contributed by atoms with Gasteiger partial charge in [-0.3, -0.25) is 19.3 Å². The molecule has 1 aromatic carbocycles. The quantitative estimate of drug-likeness (QED) is 0.217. The summed E-state index contributed by atoms with van der Waals surface area (Å²) in [6, 6.07) is 9.78. The van der Waals surface area contributed by atoms with E-state index in [1.54, 1.807) is 0 Å². The number of hydrogen-bond donors (Lipinski definition) is 0. The Morgan fingerprint density at radius 3 is 2.48 bits per heavy atom. The summed E-state index contributed by atoms with van der Waals surface area (Å²) in [4.78, 5) is 43.4. The van der Waals surface area contributed by atoms with Gasteiger partial charge in [-0.15, -0.1) is 6.58 Å². The van der Waals surface area contributed by atoms with Crippen LogP contribution in [0, 0.1) is 69.5 Å². The normalized spacial score (nSPS) is 43.9. The first-order valence-corrected chi connectivity index (χ1v) is 14.8. The highest BCUT2D eigenvalue weighted by molar-refractivity contribution is 6.16. The van der Waals surface area contributed by atoms with Gasteiger partial charge in [-0.1, -0.05) is 57.6 Å². The van der Waals surface area contributed by atoms with E-state index in [2.05, 4.69) is 40.3 Å². The fourth-order valence-electron chi connectivity index (χ4n) is 10.3. The summed E-state index contributed by atoms with van der Waals surface area (Å²) in [5.74, 6) is -1.76. The Balaban J connectivity index is 1.60. The number of hydrogen-bond acceptors (Lipinski definition) is 5. The van der Waals surface area contributed by atoms with Crippen LogP contribution in [0.3, 0.4) is 0 Å². The zero-order valence-corrected chi connectivity index (χ0v) is 24.2. The van der Waals surface area contributed by atoms with Crippen LogP contribution < -0.4 is 4.74 Å². The number of benzene rings is 1. The molecule has 2 saturated carbocycles. The summed E-state index contributed by atoms with van der Waals surface area (Å²) >= 11 is 0. The molecule has 0 spiro atoms. The molecule has 3 aliphatic carbocycles. The second-order valence-electron chi connectivity index (χ2n) is 13.9. The number of fused-ring (bicyclic) bond motifs is 4. The van der Waals surface area contributed by atoms with Crippen molar-refractivity contribution in [1.29, 1.82) is 5.26 Å². The molecule has 11 unspecified atom stereocenters. The van der Waals surface area contributed by atoms with E-state index >= 15 is 0 Å². The highest BCUT2D eigenvalue weighted by Gasteiger charge is 2.69. The summed E-state index contributed by atoms with van der Waals surface area (Å²) in [7, 11) is 0. The van der Waals surface area contributed by atoms with Crippen molar-refractivity contribution >= 4 is 17.6 Å². The van der Waals surface area contributed by atoms with Crippen molar-refractivity contribution in [3.63, 3.8) is 0 Å². The maximum Gasteiger partial charge on any atom is 0.241 e. The topological polar surface area (TPSA) is 87.5 Å². The van der Waals surface area contributed by atoms with Crippen molar-refractivity contribution in [3.8, 4) is 11.8 Å². The smallest absolute Gasteiger partial charge is 0.241 e. The minimum Gasteiger partial charge on any atom is -0.490 e. The molecule has 11 atom stereocenters. The molecule has 1 aromatic rings. The number of nitrogens with zero attached hydrogens (tertiary/aromatic N) is 2. The molecule has 6 heteroatoms. The van der Waals surface area contributed by atoms with Crippen molar-refractivity contribution < 1.29 is 19.1 Å². The molecule has 6 aliphatic rings. The van der Waals surface area contributed by atoms with Gasteiger partial charge in [0, 0.05) is 23.2 Å². The third-order valence-electron chi connectivity index (χ3n) is 11.3. The highest BCUT2D eigenvalue weighted by Crippen LogP contribution is 2.68. The second kappa shape index (κ2) is 9.16. The number of ketones is 1. The number of imide groups is 1. The molecule has 3 fully saturated rings. The van der Waals surface area contributed by atoms with Crippen molar-refractivity contribution in [3.05, 3.63) is 54.1 Å². The van der Waals surface area contributed by atoms with Gasteiger partial charge in [0.1, 0.15) is 24.3 Å². The van der Waals surface area contributed by atoms with Gasteiger partial charge in [-0.05, 0) is 67.1 Å². The Hall–Kier alpha value is -3.20. The number of carbonyl (C=O) groups excluding carboxylic acids is 3. The van der Waals surface area contributed by atoms with Gasteiger partial charge in [0.05, 0.1) is 12.0 Å². The minimum absolute atomic E-state index is 0.0735. The molecule has 210 valence electrons. The van der Waals surface area contributed by atoms with Crippen molar-refractivity contribution in [2.24, 2.45) is 58.2 Å². The van der Waals surface area contributed by atoms with Gasteiger partial charge in [-0.25, -0.2) is 0 Å². The van der Waals surface area contributed by atoms with E-state index in [1.807, 2.05) is 43.3 Å². The predicted molar refractivity (Wildman–Crippen MR) is 151 cm³/mol. The lowest BCUT2D eigenvalue weighted by Gasteiger charge is -2.50. The summed E-state index contributed by atoms with van der Waals surface area (Å²) < 4.78 is 6.98. The summed E-state index contributed by atoms with van der Waals surface area (Å²) in [5, 5.41) is 9.40. The van der Waals surface area contributed by atoms with Crippen LogP contribution in [-0.4, -0.2) is 35.1 Å². The van der Waals surface area contributed by atoms with Gasteiger partial charge in [0.25, 0.3) is 0 Å². The van der Waals surface area contributed by atoms with Gasteiger partial charge in [0.2, 0.25) is 11.8 Å². The van der Waals surface area contributed by atoms with Crippen LogP contribution in [0.5, 0.6) is 5.75 Å². The molecule has 1 saturated heterocycles. The number of rotatable bonds is 2. The van der Waals surface area contributed by atoms with E-state index in [-0.39, 0.29) is 48.0 Å². The van der Waals surface area contributed by atoms with Crippen molar-refractivity contribution in [2.75, 3.05) is 6.54 Å². The molecule has 0 aromatic heterocycles. The van der Waals surface area contributed by atoms with Crippen molar-refractivity contribution in [1.82, 2.24) is 4.90 Å². The SMILES string of the molecule is C=CC1(C)C=C(C)C2C3C(Oc4ccc(cc4)CC4C(=O)N(CC#N)C(=O)C4C(=O)C31)C1C(C)CC(C)CC21C. The summed E-state index contributed by atoms with van der Waals surface area (Å²) in [6.45, 7) is 15.1. The summed E-state index contributed by atoms with van der Waals surface area (Å²) in [6.07, 6.45) is 6.27. The Bertz CT molecular complexity index is 1360. The number of ether oxygens (including phenoxy) is 1. The Labute approximate surface area is 237 Å². The first-order valence-electron chi connectivity index (χ1n) is 14.8. The largest absolute Gasteiger partial charge is 0.490 e. The molecular weight excluding hydrogens is 500 g/mol. The average Bonchev–Trinajstić information content (AvgIpc) is 3.27. The monoisotopic (exact) mass is 540 g/mol. The number of amides is 2. The number of carbonyl (C=O) groups is 3. The van der Waals surface area contributed by atoms with E-state index in [4.69, 9.17) is 4.74 Å². The first kappa shape index (κ1) is 27.0. The van der Waals surface area contributed by atoms with Crippen LogP contribution in [0.2, 0.25) is 0 Å². The van der Waals surface area contributed by atoms with Crippen LogP contribution in [0.1, 0.15) is 53.0 Å². The standard InChI is InChI=1S/C34H40N2O4/c1-7-33(5)17-20(4)26-25-28(33)29(37)24-23(31(38)36(13-12-35)32(24)39)15-21-8-10-22(11-9-21)40-30(25)27-19(3)14-18(2)16-34(26,27)6/h7-11,17-19,23-28,30H,1,13-16H2,2-6H3. The number of Topliss-reactive ketones (excluding diaryl/α,β-unsaturated/α-hetero) is 1. The highest BCUT2D eigenvalue weighted by atomic mass is 16.5. The molecule has 6 nitrogen and oxygen atoms in total. The third-order valence-corrected chi connectivity index (χ3v) is 11.3. The number of likely N-dealkylation sites (tertiary alicyclic amines) is 1. The Morgan fingerprint density at radius 2 is 1.82 bits per heavy atom. The first-order chi connectivity index (χ1) is 18.9. The van der Waals surface area contributed by atoms with Gasteiger partial charge >= 0.3 is 0 Å². The Kier molecular flexibility index (Phi) is 6.18. The Morgan fingerprint density at radius 1 is 1.12 bits per heavy atom. The number of allylic oxidation sites excluding steroid dienone is 3. The van der Waals surface area contributed by atoms with Gasteiger partial charge < -0.3 is 4.74 Å². The molecule has 7 rings (SSSR count). The van der Waals surface area contributed by atoms with E-state index in [1.165, 1.54) is 5.57 Å². The van der Waals surface area contributed by atoms with Crippen LogP contribution in [0.4, 0.5) is 0 Å². The lowest BCUT2D eigenvalue weighted by atomic mass is 9.53. The zero-order valence-electron chi connectivity index (χ0n) is 24.2. The minimum atomic E-state index is -1.12. The average molecular weight is 541 g/mol. The predicted octanol–water partition coefficient (Wildman–Crippen LogP) is 5.39. The molecular formula is C34H40N2O4. The molecule has 40 heavy (non-hydrogen) atoms. The van der Waals surface area contributed by atoms with Crippen LogP contribution in [0.25, 0.3) is 0 Å². The maximum atomic E-state index is 15.0. The molecule has 3 aliphatic heterocycles. The van der Waals surface area contributed by atoms with Crippen LogP contribution in [0.15, 0.2) is 48.6 Å². The molecule has 2 amide bonds. The molecule has 3 heterocycles. The maximum absolute atomic E-state index is 15.0. The summed E-state index contributed by atoms with van der Waals surface area (Å²) in [5.41, 5.74) is 1.35. The van der Waals surface area contributed by atoms with Crippen LogP contribution in [-0.2, 0) is 20.8 Å². The fourth-order valence-corrected chi connectivity index (χ4v) is 10.3. The molecule has 0 N–H and O–H groups in total. The van der Waals surface area contributed by atoms with Gasteiger partial charge in [-0.2, -0.15) is 5.26 Å². The zero-order chi connectivity index (χ0) is 28.7. The lowest BCUT2D eigenvalue weighted by Crippen LogP contribution is -2.51. The van der Waals surface area contributed by atoms with E-state index in [0.717, 1.165) is 29.1 Å². The molecule has 2 bridgehead atoms. The van der Waals surface area contributed by atoms with Gasteiger partial charge in [0.15, 0.2) is 5.78 Å². The van der Waals surface area contributed by atoms with Crippen molar-refractivity contribution in [2.45, 2.75) is 60.0 Å². The lowest BCUT2D eigenvalue weighted by molar-refractivity contribution is -0.143. The third kappa shape index (κ3) is 3.62. The van der Waals surface area contributed by atoms with E-state index in [0.29, 0.717) is 11.8 Å². The second-order valence-corrected chi connectivity index (χ2v) is 13.9. The van der Waals surface area contributed by atoms with Crippen LogP contribution >= 0.6 is 0 Å². The molecule has 0 radical (unpaired) electrons. The van der Waals surface area contributed by atoms with E-state index < -0.39 is 35.0 Å². The van der Waals surface area contributed by atoms with E-state index in [9.17, 15) is 19.6 Å². The number of nitriles is 1.